The van der Waals surface area contributed by atoms with Gasteiger partial charge in [-0.1, -0.05) is 6.92 Å². The van der Waals surface area contributed by atoms with E-state index in [2.05, 4.69) is 34.9 Å². The summed E-state index contributed by atoms with van der Waals surface area (Å²) in [6.45, 7) is 10.0. The third-order valence-corrected chi connectivity index (χ3v) is 3.11. The van der Waals surface area contributed by atoms with E-state index in [4.69, 9.17) is 4.74 Å². The predicted octanol–water partition coefficient (Wildman–Crippen LogP) is 2.24. The molecule has 0 bridgehead atoms. The van der Waals surface area contributed by atoms with Crippen LogP contribution in [0.15, 0.2) is 12.4 Å². The molecule has 1 aromatic heterocycles. The molecule has 4 nitrogen and oxygen atoms in total. The van der Waals surface area contributed by atoms with E-state index in [9.17, 15) is 0 Å². The molecule has 4 heteroatoms. The van der Waals surface area contributed by atoms with Gasteiger partial charge in [0, 0.05) is 44.6 Å². The van der Waals surface area contributed by atoms with Gasteiger partial charge in [0.1, 0.15) is 5.82 Å². The highest BCUT2D eigenvalue weighted by atomic mass is 16.5. The molecule has 18 heavy (non-hydrogen) atoms. The zero-order valence-corrected chi connectivity index (χ0v) is 12.0. The lowest BCUT2D eigenvalue weighted by Gasteiger charge is -2.18. The Labute approximate surface area is 111 Å². The standard InChI is InChI=1S/C14H27N3O/c1-4-15-13(8-7-11-18-6-3)12-14-16-9-10-17(14)5-2/h9-10,13,15H,4-8,11-12H2,1-3H3. The van der Waals surface area contributed by atoms with E-state index in [-0.39, 0.29) is 0 Å². The first-order valence-corrected chi connectivity index (χ1v) is 7.12. The van der Waals surface area contributed by atoms with Gasteiger partial charge in [-0.3, -0.25) is 0 Å². The maximum atomic E-state index is 5.39. The van der Waals surface area contributed by atoms with Crippen molar-refractivity contribution in [1.82, 2.24) is 14.9 Å². The second kappa shape index (κ2) is 9.11. The van der Waals surface area contributed by atoms with E-state index < -0.39 is 0 Å². The first kappa shape index (κ1) is 15.2. The Hall–Kier alpha value is -0.870. The maximum absolute atomic E-state index is 5.39. The molecular weight excluding hydrogens is 226 g/mol. The molecule has 0 aliphatic carbocycles. The van der Waals surface area contributed by atoms with Gasteiger partial charge in [0.25, 0.3) is 0 Å². The van der Waals surface area contributed by atoms with Gasteiger partial charge in [-0.05, 0) is 33.2 Å². The van der Waals surface area contributed by atoms with E-state index in [0.29, 0.717) is 6.04 Å². The molecule has 0 radical (unpaired) electrons. The Morgan fingerprint density at radius 1 is 1.39 bits per heavy atom. The number of rotatable bonds is 10. The van der Waals surface area contributed by atoms with Crippen molar-refractivity contribution < 1.29 is 4.74 Å². The van der Waals surface area contributed by atoms with Crippen molar-refractivity contribution in [2.75, 3.05) is 19.8 Å². The summed E-state index contributed by atoms with van der Waals surface area (Å²) in [6, 6.07) is 0.503. The van der Waals surface area contributed by atoms with Crippen molar-refractivity contribution in [3.63, 3.8) is 0 Å². The number of aromatic nitrogens is 2. The van der Waals surface area contributed by atoms with Crippen molar-refractivity contribution in [3.8, 4) is 0 Å². The SMILES string of the molecule is CCNC(CCCOCC)Cc1nccn1CC. The van der Waals surface area contributed by atoms with Crippen LogP contribution in [0.25, 0.3) is 0 Å². The molecule has 1 rings (SSSR count). The molecule has 0 amide bonds. The van der Waals surface area contributed by atoms with Crippen molar-refractivity contribution in [3.05, 3.63) is 18.2 Å². The molecule has 1 unspecified atom stereocenters. The van der Waals surface area contributed by atoms with Crippen LogP contribution >= 0.6 is 0 Å². The first-order chi connectivity index (χ1) is 8.81. The lowest BCUT2D eigenvalue weighted by molar-refractivity contribution is 0.140. The second-order valence-electron chi connectivity index (χ2n) is 4.43. The number of hydrogen-bond donors (Lipinski definition) is 1. The minimum absolute atomic E-state index is 0.503. The zero-order valence-electron chi connectivity index (χ0n) is 12.0. The number of hydrogen-bond acceptors (Lipinski definition) is 3. The van der Waals surface area contributed by atoms with Crippen LogP contribution in [0.5, 0.6) is 0 Å². The van der Waals surface area contributed by atoms with Gasteiger partial charge in [0.15, 0.2) is 0 Å². The fraction of sp³-hybridized carbons (Fsp3) is 0.786. The van der Waals surface area contributed by atoms with Gasteiger partial charge in [-0.25, -0.2) is 4.98 Å². The summed E-state index contributed by atoms with van der Waals surface area (Å²) in [4.78, 5) is 4.45. The molecule has 0 saturated heterocycles. The van der Waals surface area contributed by atoms with Crippen LogP contribution in [0, 0.1) is 0 Å². The number of likely N-dealkylation sites (N-methyl/N-ethyl adjacent to an activating group) is 1. The highest BCUT2D eigenvalue weighted by Crippen LogP contribution is 2.07. The predicted molar refractivity (Wildman–Crippen MR) is 74.8 cm³/mol. The summed E-state index contributed by atoms with van der Waals surface area (Å²) in [7, 11) is 0. The van der Waals surface area contributed by atoms with Crippen molar-refractivity contribution in [1.29, 1.82) is 0 Å². The minimum Gasteiger partial charge on any atom is -0.382 e. The highest BCUT2D eigenvalue weighted by Gasteiger charge is 2.11. The highest BCUT2D eigenvalue weighted by molar-refractivity contribution is 4.95. The zero-order chi connectivity index (χ0) is 13.2. The number of ether oxygens (including phenoxy) is 1. The van der Waals surface area contributed by atoms with Crippen molar-refractivity contribution in [2.45, 2.75) is 52.6 Å². The first-order valence-electron chi connectivity index (χ1n) is 7.12. The molecule has 0 aliphatic heterocycles. The van der Waals surface area contributed by atoms with Gasteiger partial charge in [-0.15, -0.1) is 0 Å². The van der Waals surface area contributed by atoms with Crippen LogP contribution in [0.3, 0.4) is 0 Å². The molecule has 1 aromatic rings. The fourth-order valence-electron chi connectivity index (χ4n) is 2.18. The fourth-order valence-corrected chi connectivity index (χ4v) is 2.18. The number of nitrogens with one attached hydrogen (secondary N) is 1. The smallest absolute Gasteiger partial charge is 0.110 e. The van der Waals surface area contributed by atoms with Gasteiger partial charge in [0.2, 0.25) is 0 Å². The molecule has 1 atom stereocenters. The van der Waals surface area contributed by atoms with Gasteiger partial charge < -0.3 is 14.6 Å². The summed E-state index contributed by atoms with van der Waals surface area (Å²) >= 11 is 0. The topological polar surface area (TPSA) is 39.1 Å². The normalized spacial score (nSPS) is 12.8. The van der Waals surface area contributed by atoms with Crippen LogP contribution in [0.4, 0.5) is 0 Å². The largest absolute Gasteiger partial charge is 0.382 e. The van der Waals surface area contributed by atoms with E-state index in [0.717, 1.165) is 45.6 Å². The quantitative estimate of drug-likeness (QED) is 0.650. The summed E-state index contributed by atoms with van der Waals surface area (Å²) < 4.78 is 7.61. The third kappa shape index (κ3) is 5.19. The number of nitrogens with zero attached hydrogens (tertiary/aromatic N) is 2. The molecule has 0 fully saturated rings. The van der Waals surface area contributed by atoms with Crippen molar-refractivity contribution in [2.24, 2.45) is 0 Å². The Morgan fingerprint density at radius 2 is 2.22 bits per heavy atom. The molecule has 0 spiro atoms. The molecular formula is C14H27N3O. The Kier molecular flexibility index (Phi) is 7.69. The van der Waals surface area contributed by atoms with Crippen LogP contribution in [-0.4, -0.2) is 35.4 Å². The maximum Gasteiger partial charge on any atom is 0.110 e. The lowest BCUT2D eigenvalue weighted by Crippen LogP contribution is -2.32. The Morgan fingerprint density at radius 3 is 2.89 bits per heavy atom. The summed E-state index contributed by atoms with van der Waals surface area (Å²) in [5, 5.41) is 3.54. The van der Waals surface area contributed by atoms with Gasteiger partial charge in [-0.2, -0.15) is 0 Å². The van der Waals surface area contributed by atoms with Crippen LogP contribution < -0.4 is 5.32 Å². The average molecular weight is 253 g/mol. The van der Waals surface area contributed by atoms with Gasteiger partial charge in [0.05, 0.1) is 0 Å². The van der Waals surface area contributed by atoms with E-state index in [1.165, 1.54) is 5.82 Å². The lowest BCUT2D eigenvalue weighted by atomic mass is 10.1. The van der Waals surface area contributed by atoms with Crippen LogP contribution in [-0.2, 0) is 17.7 Å². The summed E-state index contributed by atoms with van der Waals surface area (Å²) in [5.41, 5.74) is 0. The second-order valence-corrected chi connectivity index (χ2v) is 4.43. The molecule has 0 aliphatic rings. The monoisotopic (exact) mass is 253 g/mol. The summed E-state index contributed by atoms with van der Waals surface area (Å²) in [5.74, 6) is 1.18. The number of imidazole rings is 1. The third-order valence-electron chi connectivity index (χ3n) is 3.11. The Balaban J connectivity index is 2.41. The molecule has 1 N–H and O–H groups in total. The molecule has 0 aromatic carbocycles. The van der Waals surface area contributed by atoms with E-state index in [1.807, 2.05) is 13.1 Å². The van der Waals surface area contributed by atoms with Crippen LogP contribution in [0.2, 0.25) is 0 Å². The number of aryl methyl sites for hydroxylation is 1. The van der Waals surface area contributed by atoms with Crippen LogP contribution in [0.1, 0.15) is 39.4 Å². The van der Waals surface area contributed by atoms with Crippen molar-refractivity contribution >= 4 is 0 Å². The molecule has 1 heterocycles. The average Bonchev–Trinajstić information content (AvgIpc) is 2.82. The summed E-state index contributed by atoms with van der Waals surface area (Å²) in [6.07, 6.45) is 7.20. The Bertz CT molecular complexity index is 312. The minimum atomic E-state index is 0.503. The van der Waals surface area contributed by atoms with E-state index in [1.54, 1.807) is 0 Å². The van der Waals surface area contributed by atoms with E-state index >= 15 is 0 Å². The molecule has 104 valence electrons. The van der Waals surface area contributed by atoms with Gasteiger partial charge >= 0.3 is 0 Å². The molecule has 0 saturated carbocycles.